The van der Waals surface area contributed by atoms with E-state index in [4.69, 9.17) is 4.74 Å². The predicted molar refractivity (Wildman–Crippen MR) is 87.8 cm³/mol. The second-order valence-electron chi connectivity index (χ2n) is 4.93. The molecule has 1 N–H and O–H groups in total. The quantitative estimate of drug-likeness (QED) is 0.919. The van der Waals surface area contributed by atoms with Crippen molar-refractivity contribution in [2.75, 3.05) is 31.4 Å². The topological polar surface area (TPSA) is 21.3 Å². The number of methoxy groups -OCH3 is 1. The maximum absolute atomic E-state index is 5.41. The molecule has 0 saturated carbocycles. The van der Waals surface area contributed by atoms with Crippen LogP contribution < -0.4 is 10.1 Å². The number of aryl methyl sites for hydroxylation is 2. The predicted octanol–water partition coefficient (Wildman–Crippen LogP) is 3.42. The van der Waals surface area contributed by atoms with Crippen LogP contribution >= 0.6 is 23.5 Å². The molecule has 4 heteroatoms. The van der Waals surface area contributed by atoms with E-state index < -0.39 is 0 Å². The molecule has 1 fully saturated rings. The van der Waals surface area contributed by atoms with E-state index in [1.807, 2.05) is 0 Å². The summed E-state index contributed by atoms with van der Waals surface area (Å²) in [6.07, 6.45) is 0. The lowest BCUT2D eigenvalue weighted by Crippen LogP contribution is -2.32. The SMILES string of the molecule is CNC(c1cc(C)c(OC)cc1C)C1CSCCS1. The van der Waals surface area contributed by atoms with Crippen LogP contribution in [-0.4, -0.2) is 36.7 Å². The average molecular weight is 297 g/mol. The minimum absolute atomic E-state index is 0.433. The first-order chi connectivity index (χ1) is 9.17. The fraction of sp³-hybridized carbons (Fsp3) is 0.600. The van der Waals surface area contributed by atoms with Gasteiger partial charge in [-0.25, -0.2) is 0 Å². The molecule has 2 rings (SSSR count). The van der Waals surface area contributed by atoms with E-state index in [2.05, 4.69) is 61.9 Å². The van der Waals surface area contributed by atoms with Crippen molar-refractivity contribution in [2.45, 2.75) is 25.1 Å². The molecule has 0 amide bonds. The standard InChI is InChI=1S/C15H23NOS2/c1-10-8-13(17-4)11(2)7-12(10)15(16-3)14-9-18-5-6-19-14/h7-8,14-16H,5-6,9H2,1-4H3. The van der Waals surface area contributed by atoms with Crippen LogP contribution in [0.1, 0.15) is 22.7 Å². The number of hydrogen-bond acceptors (Lipinski definition) is 4. The first-order valence-electron chi connectivity index (χ1n) is 6.69. The van der Waals surface area contributed by atoms with Gasteiger partial charge in [-0.1, -0.05) is 6.07 Å². The van der Waals surface area contributed by atoms with Crippen LogP contribution in [0.3, 0.4) is 0 Å². The Balaban J connectivity index is 2.29. The number of ether oxygens (including phenoxy) is 1. The van der Waals surface area contributed by atoms with Gasteiger partial charge in [0, 0.05) is 28.6 Å². The molecule has 1 aromatic carbocycles. The highest BCUT2D eigenvalue weighted by atomic mass is 32.2. The molecule has 0 aliphatic carbocycles. The van der Waals surface area contributed by atoms with Crippen molar-refractivity contribution in [2.24, 2.45) is 0 Å². The Morgan fingerprint density at radius 2 is 2.05 bits per heavy atom. The van der Waals surface area contributed by atoms with Crippen LogP contribution in [0, 0.1) is 13.8 Å². The highest BCUT2D eigenvalue weighted by Gasteiger charge is 2.26. The van der Waals surface area contributed by atoms with Crippen molar-refractivity contribution in [1.82, 2.24) is 5.32 Å². The zero-order valence-electron chi connectivity index (χ0n) is 12.2. The molecule has 0 bridgehead atoms. The normalized spacial score (nSPS) is 21.2. The van der Waals surface area contributed by atoms with Gasteiger partial charge in [0.25, 0.3) is 0 Å². The first-order valence-corrected chi connectivity index (χ1v) is 8.89. The third-order valence-electron chi connectivity index (χ3n) is 3.64. The van der Waals surface area contributed by atoms with Crippen molar-refractivity contribution < 1.29 is 4.74 Å². The second-order valence-corrected chi connectivity index (χ2v) is 7.43. The van der Waals surface area contributed by atoms with Gasteiger partial charge in [-0.15, -0.1) is 0 Å². The zero-order valence-corrected chi connectivity index (χ0v) is 13.8. The van der Waals surface area contributed by atoms with Crippen molar-refractivity contribution in [1.29, 1.82) is 0 Å². The summed E-state index contributed by atoms with van der Waals surface area (Å²) >= 11 is 4.17. The zero-order chi connectivity index (χ0) is 13.8. The smallest absolute Gasteiger partial charge is 0.122 e. The van der Waals surface area contributed by atoms with Crippen LogP contribution in [0.15, 0.2) is 12.1 Å². The number of nitrogens with one attached hydrogen (secondary N) is 1. The second kappa shape index (κ2) is 6.91. The van der Waals surface area contributed by atoms with Gasteiger partial charge >= 0.3 is 0 Å². The maximum Gasteiger partial charge on any atom is 0.122 e. The number of rotatable bonds is 4. The van der Waals surface area contributed by atoms with Crippen molar-refractivity contribution in [3.05, 3.63) is 28.8 Å². The Morgan fingerprint density at radius 3 is 2.63 bits per heavy atom. The molecule has 106 valence electrons. The van der Waals surface area contributed by atoms with E-state index >= 15 is 0 Å². The number of benzene rings is 1. The lowest BCUT2D eigenvalue weighted by atomic mass is 9.96. The molecule has 0 spiro atoms. The van der Waals surface area contributed by atoms with Crippen LogP contribution in [0.2, 0.25) is 0 Å². The lowest BCUT2D eigenvalue weighted by molar-refractivity contribution is 0.410. The van der Waals surface area contributed by atoms with E-state index in [-0.39, 0.29) is 0 Å². The molecule has 1 saturated heterocycles. The van der Waals surface area contributed by atoms with E-state index in [1.165, 1.54) is 33.9 Å². The Labute approximate surface area is 125 Å². The van der Waals surface area contributed by atoms with E-state index in [0.717, 1.165) is 5.75 Å². The molecular formula is C15H23NOS2. The highest BCUT2D eigenvalue weighted by molar-refractivity contribution is 8.06. The van der Waals surface area contributed by atoms with Crippen LogP contribution in [-0.2, 0) is 0 Å². The summed E-state index contributed by atoms with van der Waals surface area (Å²) in [6, 6.07) is 4.88. The Bertz CT molecular complexity index is 430. The molecule has 1 heterocycles. The van der Waals surface area contributed by atoms with Gasteiger partial charge in [0.15, 0.2) is 0 Å². The molecule has 2 nitrogen and oxygen atoms in total. The fourth-order valence-corrected chi connectivity index (χ4v) is 5.51. The minimum Gasteiger partial charge on any atom is -0.496 e. The minimum atomic E-state index is 0.433. The van der Waals surface area contributed by atoms with Crippen molar-refractivity contribution >= 4 is 23.5 Å². The monoisotopic (exact) mass is 297 g/mol. The third kappa shape index (κ3) is 3.41. The van der Waals surface area contributed by atoms with Gasteiger partial charge in [-0.2, -0.15) is 23.5 Å². The van der Waals surface area contributed by atoms with Crippen LogP contribution in [0.5, 0.6) is 5.75 Å². The molecule has 1 aliphatic heterocycles. The summed E-state index contributed by atoms with van der Waals surface area (Å²) in [5.41, 5.74) is 3.95. The Hall–Kier alpha value is -0.320. The summed E-state index contributed by atoms with van der Waals surface area (Å²) in [7, 11) is 3.81. The highest BCUT2D eigenvalue weighted by Crippen LogP contribution is 2.36. The summed E-state index contributed by atoms with van der Waals surface area (Å²) in [5.74, 6) is 4.78. The Kier molecular flexibility index (Phi) is 5.48. The summed E-state index contributed by atoms with van der Waals surface area (Å²) in [4.78, 5) is 0. The van der Waals surface area contributed by atoms with Gasteiger partial charge in [0.2, 0.25) is 0 Å². The van der Waals surface area contributed by atoms with Crippen LogP contribution in [0.25, 0.3) is 0 Å². The van der Waals surface area contributed by atoms with E-state index in [1.54, 1.807) is 7.11 Å². The van der Waals surface area contributed by atoms with Gasteiger partial charge < -0.3 is 10.1 Å². The van der Waals surface area contributed by atoms with Gasteiger partial charge in [0.1, 0.15) is 5.75 Å². The van der Waals surface area contributed by atoms with Gasteiger partial charge in [0.05, 0.1) is 7.11 Å². The number of hydrogen-bond donors (Lipinski definition) is 1. The fourth-order valence-electron chi connectivity index (χ4n) is 2.61. The molecule has 2 atom stereocenters. The largest absolute Gasteiger partial charge is 0.496 e. The van der Waals surface area contributed by atoms with Crippen molar-refractivity contribution in [3.63, 3.8) is 0 Å². The summed E-state index contributed by atoms with van der Waals surface area (Å²) in [5, 5.41) is 4.18. The van der Waals surface area contributed by atoms with Crippen LogP contribution in [0.4, 0.5) is 0 Å². The summed E-state index contributed by atoms with van der Waals surface area (Å²) < 4.78 is 5.41. The first kappa shape index (κ1) is 15.1. The summed E-state index contributed by atoms with van der Waals surface area (Å²) in [6.45, 7) is 4.31. The van der Waals surface area contributed by atoms with Gasteiger partial charge in [-0.3, -0.25) is 0 Å². The molecular weight excluding hydrogens is 274 g/mol. The molecule has 2 unspecified atom stereocenters. The van der Waals surface area contributed by atoms with Crippen molar-refractivity contribution in [3.8, 4) is 5.75 Å². The lowest BCUT2D eigenvalue weighted by Gasteiger charge is -2.31. The van der Waals surface area contributed by atoms with E-state index in [9.17, 15) is 0 Å². The third-order valence-corrected chi connectivity index (χ3v) is 6.51. The molecule has 1 aliphatic rings. The average Bonchev–Trinajstić information content (AvgIpc) is 2.44. The number of thioether (sulfide) groups is 2. The maximum atomic E-state index is 5.41. The Morgan fingerprint density at radius 1 is 1.26 bits per heavy atom. The molecule has 1 aromatic rings. The molecule has 0 radical (unpaired) electrons. The van der Waals surface area contributed by atoms with E-state index in [0.29, 0.717) is 11.3 Å². The molecule has 19 heavy (non-hydrogen) atoms. The van der Waals surface area contributed by atoms with Gasteiger partial charge in [-0.05, 0) is 43.7 Å². The molecule has 0 aromatic heterocycles.